The zero-order valence-corrected chi connectivity index (χ0v) is 22.3. The normalized spacial score (nSPS) is 20.4. The number of benzene rings is 1. The van der Waals surface area contributed by atoms with Crippen molar-refractivity contribution in [3.05, 3.63) is 22.3 Å². The van der Waals surface area contributed by atoms with Crippen molar-refractivity contribution < 1.29 is 28.6 Å². The van der Waals surface area contributed by atoms with Gasteiger partial charge in [0, 0.05) is 45.1 Å². The molecule has 1 aromatic rings. The fourth-order valence-electron chi connectivity index (χ4n) is 4.23. The van der Waals surface area contributed by atoms with Crippen LogP contribution in [-0.2, 0) is 16.0 Å². The Morgan fingerprint density at radius 3 is 2.12 bits per heavy atom. The zero-order chi connectivity index (χ0) is 25.4. The van der Waals surface area contributed by atoms with Crippen LogP contribution in [0.15, 0.2) is 0 Å². The van der Waals surface area contributed by atoms with Crippen molar-refractivity contribution in [3.63, 3.8) is 0 Å². The molecule has 1 fully saturated rings. The minimum absolute atomic E-state index is 0.0579. The van der Waals surface area contributed by atoms with Crippen LogP contribution >= 0.6 is 11.8 Å². The number of hydrogen-bond acceptors (Lipinski definition) is 7. The van der Waals surface area contributed by atoms with Crippen LogP contribution in [0.2, 0.25) is 0 Å². The molecular formula is C25H36N2O6S. The Balaban J connectivity index is 1.67. The van der Waals surface area contributed by atoms with Crippen LogP contribution in [0.25, 0.3) is 0 Å². The predicted octanol–water partition coefficient (Wildman–Crippen LogP) is 4.98. The van der Waals surface area contributed by atoms with Gasteiger partial charge in [-0.25, -0.2) is 4.79 Å². The first-order valence-corrected chi connectivity index (χ1v) is 12.5. The van der Waals surface area contributed by atoms with Crippen LogP contribution in [0.1, 0.15) is 63.3 Å². The molecule has 34 heavy (non-hydrogen) atoms. The number of fused-ring (bicyclic) bond motifs is 1. The first-order chi connectivity index (χ1) is 15.7. The Labute approximate surface area is 206 Å². The van der Waals surface area contributed by atoms with Crippen molar-refractivity contribution >= 4 is 29.1 Å². The third-order valence-electron chi connectivity index (χ3n) is 6.20. The number of carbonyl (C=O) groups is 3. The zero-order valence-electron chi connectivity index (χ0n) is 21.5. The number of nitrogens with zero attached hydrogens (tertiary/aromatic N) is 2. The Morgan fingerprint density at radius 2 is 1.56 bits per heavy atom. The topological polar surface area (TPSA) is 85.4 Å². The number of piperazine rings is 1. The molecule has 2 amide bonds. The second kappa shape index (κ2) is 9.68. The monoisotopic (exact) mass is 492 g/mol. The van der Waals surface area contributed by atoms with Gasteiger partial charge in [-0.15, -0.1) is 0 Å². The van der Waals surface area contributed by atoms with E-state index in [0.717, 1.165) is 34.4 Å². The Kier molecular flexibility index (Phi) is 7.45. The Morgan fingerprint density at radius 1 is 0.971 bits per heavy atom. The molecule has 0 radical (unpaired) electrons. The fraction of sp³-hybridized carbons (Fsp3) is 0.640. The summed E-state index contributed by atoms with van der Waals surface area (Å²) < 4.78 is 17.3. The third kappa shape index (κ3) is 5.79. The van der Waals surface area contributed by atoms with E-state index in [4.69, 9.17) is 14.2 Å². The molecule has 0 saturated carbocycles. The minimum atomic E-state index is -0.709. The molecular weight excluding hydrogens is 456 g/mol. The molecule has 8 nitrogen and oxygen atoms in total. The molecule has 0 N–H and O–H groups in total. The van der Waals surface area contributed by atoms with E-state index in [2.05, 4.69) is 0 Å². The van der Waals surface area contributed by atoms with E-state index in [9.17, 15) is 14.4 Å². The van der Waals surface area contributed by atoms with E-state index in [1.807, 2.05) is 48.5 Å². The van der Waals surface area contributed by atoms with Crippen LogP contribution < -0.4 is 9.47 Å². The Bertz CT molecular complexity index is 994. The fourth-order valence-corrected chi connectivity index (χ4v) is 5.24. The van der Waals surface area contributed by atoms with Gasteiger partial charge in [0.05, 0.1) is 0 Å². The average Bonchev–Trinajstić information content (AvgIpc) is 2.73. The molecule has 1 saturated heterocycles. The summed E-state index contributed by atoms with van der Waals surface area (Å²) in [6.07, 6.45) is 1.03. The lowest BCUT2D eigenvalue weighted by molar-refractivity contribution is -0.132. The van der Waals surface area contributed by atoms with Crippen molar-refractivity contribution in [1.82, 2.24) is 9.80 Å². The summed E-state index contributed by atoms with van der Waals surface area (Å²) in [5.41, 5.74) is 3.17. The van der Waals surface area contributed by atoms with Crippen molar-refractivity contribution in [2.75, 3.05) is 26.2 Å². The van der Waals surface area contributed by atoms with Crippen molar-refractivity contribution in [3.8, 4) is 11.5 Å². The van der Waals surface area contributed by atoms with Gasteiger partial charge in [-0.3, -0.25) is 9.59 Å². The van der Waals surface area contributed by atoms with Crippen molar-refractivity contribution in [2.24, 2.45) is 0 Å². The highest BCUT2D eigenvalue weighted by Crippen LogP contribution is 2.47. The van der Waals surface area contributed by atoms with Gasteiger partial charge < -0.3 is 24.0 Å². The van der Waals surface area contributed by atoms with E-state index in [1.54, 1.807) is 9.80 Å². The second-order valence-corrected chi connectivity index (χ2v) is 11.6. The predicted molar refractivity (Wildman–Crippen MR) is 132 cm³/mol. The molecule has 2 aliphatic rings. The highest BCUT2D eigenvalue weighted by molar-refractivity contribution is 8.14. The lowest BCUT2D eigenvalue weighted by Gasteiger charge is -2.39. The van der Waals surface area contributed by atoms with Gasteiger partial charge in [-0.1, -0.05) is 0 Å². The van der Waals surface area contributed by atoms with Gasteiger partial charge >= 0.3 is 12.1 Å². The number of thioether (sulfide) groups is 1. The molecule has 0 bridgehead atoms. The smallest absolute Gasteiger partial charge is 0.410 e. The summed E-state index contributed by atoms with van der Waals surface area (Å²) in [6, 6.07) is 0. The maximum atomic E-state index is 13.1. The Hall–Kier alpha value is -2.42. The van der Waals surface area contributed by atoms with Crippen LogP contribution in [0.4, 0.5) is 9.59 Å². The highest BCUT2D eigenvalue weighted by atomic mass is 32.2. The molecule has 1 aromatic carbocycles. The first kappa shape index (κ1) is 26.2. The first-order valence-electron chi connectivity index (χ1n) is 11.7. The average molecular weight is 493 g/mol. The van der Waals surface area contributed by atoms with E-state index in [0.29, 0.717) is 38.3 Å². The van der Waals surface area contributed by atoms with Gasteiger partial charge in [-0.2, -0.15) is 0 Å². The van der Waals surface area contributed by atoms with E-state index in [1.165, 1.54) is 18.7 Å². The molecule has 1 unspecified atom stereocenters. The largest absolute Gasteiger partial charge is 0.476 e. The molecule has 0 spiro atoms. The van der Waals surface area contributed by atoms with Gasteiger partial charge in [0.2, 0.25) is 0 Å². The van der Waals surface area contributed by atoms with E-state index < -0.39 is 10.5 Å². The van der Waals surface area contributed by atoms with Gasteiger partial charge in [0.1, 0.15) is 17.1 Å². The number of ether oxygens (including phenoxy) is 3. The number of carbonyl (C=O) groups excluding carboxylic acids is 3. The molecule has 0 aliphatic carbocycles. The van der Waals surface area contributed by atoms with Crippen LogP contribution in [0.5, 0.6) is 11.5 Å². The lowest BCUT2D eigenvalue weighted by atomic mass is 9.91. The number of hydrogen-bond donors (Lipinski definition) is 0. The van der Waals surface area contributed by atoms with Crippen LogP contribution in [0.3, 0.4) is 0 Å². The minimum Gasteiger partial charge on any atom is -0.476 e. The van der Waals surface area contributed by atoms with Gasteiger partial charge in [0.25, 0.3) is 5.24 Å². The second-order valence-electron chi connectivity index (χ2n) is 10.2. The quantitative estimate of drug-likeness (QED) is 0.425. The van der Waals surface area contributed by atoms with Crippen LogP contribution in [-0.4, -0.2) is 63.8 Å². The summed E-state index contributed by atoms with van der Waals surface area (Å²) in [6.45, 7) is 16.5. The molecule has 1 atom stereocenters. The molecule has 2 heterocycles. The van der Waals surface area contributed by atoms with Gasteiger partial charge in [-0.05, 0) is 83.3 Å². The molecule has 188 valence electrons. The number of amides is 2. The SMILES string of the molecule is CC(=O)Oc1c(C)c(C)c2c(c1C)CCC(C)(SC(=O)N1CCN(C(=O)OC(C)(C)C)CC1)O2. The third-order valence-corrected chi connectivity index (χ3v) is 7.35. The summed E-state index contributed by atoms with van der Waals surface area (Å²) in [5.74, 6) is 1.03. The van der Waals surface area contributed by atoms with E-state index >= 15 is 0 Å². The number of rotatable bonds is 2. The molecule has 2 aliphatic heterocycles. The highest BCUT2D eigenvalue weighted by Gasteiger charge is 2.39. The molecule has 9 heteroatoms. The standard InChI is InChI=1S/C25H36N2O6S/c1-15-16(2)21-19(17(3)20(15)31-18(4)28)9-10-25(8,32-21)34-23(30)27-13-11-26(12-14-27)22(29)33-24(5,6)7/h9-14H2,1-8H3. The van der Waals surface area contributed by atoms with Gasteiger partial charge in [0.15, 0.2) is 4.93 Å². The maximum Gasteiger partial charge on any atom is 0.410 e. The summed E-state index contributed by atoms with van der Waals surface area (Å²) >= 11 is 1.19. The lowest BCUT2D eigenvalue weighted by Crippen LogP contribution is -2.51. The summed E-state index contributed by atoms with van der Waals surface area (Å²) in [7, 11) is 0. The molecule has 0 aromatic heterocycles. The number of esters is 1. The van der Waals surface area contributed by atoms with Crippen molar-refractivity contribution in [2.45, 2.75) is 78.8 Å². The summed E-state index contributed by atoms with van der Waals surface area (Å²) in [5, 5.41) is -0.0579. The van der Waals surface area contributed by atoms with Crippen molar-refractivity contribution in [1.29, 1.82) is 0 Å². The maximum absolute atomic E-state index is 13.1. The summed E-state index contributed by atoms with van der Waals surface area (Å²) in [4.78, 5) is 39.7. The van der Waals surface area contributed by atoms with Crippen LogP contribution in [0, 0.1) is 20.8 Å². The van der Waals surface area contributed by atoms with E-state index in [-0.39, 0.29) is 17.3 Å². The molecule has 3 rings (SSSR count).